The van der Waals surface area contributed by atoms with Crippen LogP contribution in [0.3, 0.4) is 0 Å². The van der Waals surface area contributed by atoms with Crippen molar-refractivity contribution in [3.05, 3.63) is 58.4 Å². The fourth-order valence-corrected chi connectivity index (χ4v) is 2.75. The molecule has 2 rings (SSSR count). The molecule has 0 aromatic heterocycles. The average molecular weight is 411 g/mol. The van der Waals surface area contributed by atoms with Gasteiger partial charge in [0.15, 0.2) is 23.3 Å². The van der Waals surface area contributed by atoms with Crippen LogP contribution < -0.4 is 9.88 Å². The fraction of sp³-hybridized carbons (Fsp3) is 0.133. The number of carbonyl (C=O) groups is 1. The molecule has 0 heterocycles. The summed E-state index contributed by atoms with van der Waals surface area (Å²) in [4.78, 5) is 11.4. The van der Waals surface area contributed by atoms with Crippen molar-refractivity contribution in [2.45, 2.75) is 11.5 Å². The van der Waals surface area contributed by atoms with E-state index >= 15 is 0 Å². The molecule has 0 unspecified atom stereocenters. The highest BCUT2D eigenvalue weighted by atomic mass is 32.2. The Balaban J connectivity index is 2.33. The number of rotatable bonds is 5. The Morgan fingerprint density at radius 2 is 1.52 bits per heavy atom. The normalized spacial score (nSPS) is 11.4. The predicted molar refractivity (Wildman–Crippen MR) is 79.7 cm³/mol. The Kier molecular flexibility index (Phi) is 5.70. The molecule has 0 bridgehead atoms. The van der Waals surface area contributed by atoms with Crippen molar-refractivity contribution in [1.29, 1.82) is 0 Å². The third-order valence-electron chi connectivity index (χ3n) is 3.35. The Hall–Kier alpha value is -2.73. The number of ether oxygens (including phenoxy) is 2. The molecule has 0 aliphatic rings. The monoisotopic (exact) mass is 411 g/mol. The summed E-state index contributed by atoms with van der Waals surface area (Å²) < 4.78 is 98.6. The SMILES string of the molecule is COc1ccc(C(=O)OCc2c(F)c(F)c(F)c(F)c2F)cc1S(N)(=O)=O. The van der Waals surface area contributed by atoms with Gasteiger partial charge in [-0.2, -0.15) is 0 Å². The highest BCUT2D eigenvalue weighted by Gasteiger charge is 2.27. The number of hydrogen-bond donors (Lipinski definition) is 1. The van der Waals surface area contributed by atoms with E-state index in [0.29, 0.717) is 0 Å². The number of carbonyl (C=O) groups excluding carboxylic acids is 1. The van der Waals surface area contributed by atoms with Crippen LogP contribution in [0.1, 0.15) is 15.9 Å². The van der Waals surface area contributed by atoms with Crippen molar-refractivity contribution in [2.24, 2.45) is 5.14 Å². The van der Waals surface area contributed by atoms with Crippen molar-refractivity contribution in [1.82, 2.24) is 0 Å². The number of halogens is 5. The first kappa shape index (κ1) is 20.6. The van der Waals surface area contributed by atoms with E-state index in [4.69, 9.17) is 9.88 Å². The standard InChI is InChI=1S/C15H10F5NO5S/c1-25-8-3-2-6(4-9(8)27(21,23)24)15(22)26-5-7-10(16)12(18)14(20)13(19)11(7)17/h2-4H,5H2,1H3,(H2,21,23,24). The van der Waals surface area contributed by atoms with Crippen LogP contribution in [0.25, 0.3) is 0 Å². The van der Waals surface area contributed by atoms with E-state index in [1.165, 1.54) is 0 Å². The van der Waals surface area contributed by atoms with Gasteiger partial charge in [0.1, 0.15) is 17.3 Å². The number of hydrogen-bond acceptors (Lipinski definition) is 5. The van der Waals surface area contributed by atoms with Gasteiger partial charge in [-0.15, -0.1) is 0 Å². The van der Waals surface area contributed by atoms with E-state index in [1.54, 1.807) is 0 Å². The van der Waals surface area contributed by atoms with E-state index in [-0.39, 0.29) is 5.75 Å². The van der Waals surface area contributed by atoms with Gasteiger partial charge < -0.3 is 9.47 Å². The molecule has 0 aliphatic carbocycles. The zero-order valence-corrected chi connectivity index (χ0v) is 14.2. The Labute approximate surface area is 149 Å². The summed E-state index contributed by atoms with van der Waals surface area (Å²) in [6.45, 7) is -1.29. The molecule has 0 amide bonds. The molecule has 0 spiro atoms. The number of methoxy groups -OCH3 is 1. The highest BCUT2D eigenvalue weighted by molar-refractivity contribution is 7.89. The molecule has 2 aromatic rings. The maximum atomic E-state index is 13.5. The van der Waals surface area contributed by atoms with Crippen LogP contribution in [0.4, 0.5) is 22.0 Å². The molecule has 12 heteroatoms. The number of nitrogens with two attached hydrogens (primary N) is 1. The van der Waals surface area contributed by atoms with Gasteiger partial charge in [0.05, 0.1) is 18.2 Å². The largest absolute Gasteiger partial charge is 0.495 e. The third kappa shape index (κ3) is 4.01. The molecule has 0 atom stereocenters. The lowest BCUT2D eigenvalue weighted by molar-refractivity contribution is 0.0461. The summed E-state index contributed by atoms with van der Waals surface area (Å²) in [7, 11) is -3.15. The van der Waals surface area contributed by atoms with E-state index in [1.807, 2.05) is 0 Å². The van der Waals surface area contributed by atoms with E-state index in [0.717, 1.165) is 25.3 Å². The van der Waals surface area contributed by atoms with Gasteiger partial charge in [-0.05, 0) is 18.2 Å². The zero-order valence-electron chi connectivity index (χ0n) is 13.4. The van der Waals surface area contributed by atoms with E-state index in [2.05, 4.69) is 4.74 Å². The molecule has 27 heavy (non-hydrogen) atoms. The maximum absolute atomic E-state index is 13.5. The quantitative estimate of drug-likeness (QED) is 0.353. The zero-order chi connectivity index (χ0) is 20.5. The predicted octanol–water partition coefficient (Wildman–Crippen LogP) is 2.40. The topological polar surface area (TPSA) is 95.7 Å². The summed E-state index contributed by atoms with van der Waals surface area (Å²) in [6.07, 6.45) is 0. The maximum Gasteiger partial charge on any atom is 0.338 e. The molecule has 2 aromatic carbocycles. The first-order chi connectivity index (χ1) is 12.5. The minimum Gasteiger partial charge on any atom is -0.495 e. The van der Waals surface area contributed by atoms with E-state index < -0.39 is 67.7 Å². The van der Waals surface area contributed by atoms with Crippen molar-refractivity contribution >= 4 is 16.0 Å². The van der Waals surface area contributed by atoms with Gasteiger partial charge in [-0.1, -0.05) is 0 Å². The number of sulfonamides is 1. The third-order valence-corrected chi connectivity index (χ3v) is 4.29. The van der Waals surface area contributed by atoms with Crippen molar-refractivity contribution in [3.63, 3.8) is 0 Å². The molecule has 0 fully saturated rings. The number of esters is 1. The van der Waals surface area contributed by atoms with Crippen LogP contribution >= 0.6 is 0 Å². The first-order valence-electron chi connectivity index (χ1n) is 6.87. The van der Waals surface area contributed by atoms with Crippen LogP contribution in [0.5, 0.6) is 5.75 Å². The summed E-state index contributed by atoms with van der Waals surface area (Å²) in [6, 6.07) is 2.89. The molecule has 0 saturated heterocycles. The summed E-state index contributed by atoms with van der Waals surface area (Å²) >= 11 is 0. The van der Waals surface area contributed by atoms with Crippen LogP contribution in [0, 0.1) is 29.1 Å². The Bertz CT molecular complexity index is 997. The van der Waals surface area contributed by atoms with Crippen LogP contribution in [0.2, 0.25) is 0 Å². The molecular weight excluding hydrogens is 401 g/mol. The second-order valence-corrected chi connectivity index (χ2v) is 6.57. The molecule has 0 radical (unpaired) electrons. The van der Waals surface area contributed by atoms with Crippen LogP contribution in [-0.2, 0) is 21.4 Å². The molecule has 6 nitrogen and oxygen atoms in total. The summed E-state index contributed by atoms with van der Waals surface area (Å²) in [5.41, 5.74) is -1.77. The minimum atomic E-state index is -4.29. The molecule has 0 aliphatic heterocycles. The van der Waals surface area contributed by atoms with Gasteiger partial charge in [-0.25, -0.2) is 40.3 Å². The lowest BCUT2D eigenvalue weighted by Crippen LogP contribution is -2.15. The van der Waals surface area contributed by atoms with Crippen LogP contribution in [-0.4, -0.2) is 21.5 Å². The second-order valence-electron chi connectivity index (χ2n) is 5.04. The van der Waals surface area contributed by atoms with Gasteiger partial charge in [-0.3, -0.25) is 0 Å². The number of primary sulfonamides is 1. The lowest BCUT2D eigenvalue weighted by Gasteiger charge is -2.11. The van der Waals surface area contributed by atoms with Gasteiger partial charge in [0.25, 0.3) is 0 Å². The van der Waals surface area contributed by atoms with Gasteiger partial charge in [0.2, 0.25) is 15.8 Å². The average Bonchev–Trinajstić information content (AvgIpc) is 2.63. The molecular formula is C15H10F5NO5S. The van der Waals surface area contributed by atoms with Crippen molar-refractivity contribution < 1.29 is 44.6 Å². The van der Waals surface area contributed by atoms with E-state index in [9.17, 15) is 35.2 Å². The van der Waals surface area contributed by atoms with Gasteiger partial charge in [0, 0.05) is 0 Å². The van der Waals surface area contributed by atoms with Crippen molar-refractivity contribution in [3.8, 4) is 5.75 Å². The van der Waals surface area contributed by atoms with Crippen molar-refractivity contribution in [2.75, 3.05) is 7.11 Å². The minimum absolute atomic E-state index is 0.186. The molecule has 0 saturated carbocycles. The smallest absolute Gasteiger partial charge is 0.338 e. The fourth-order valence-electron chi connectivity index (χ4n) is 2.02. The Morgan fingerprint density at radius 3 is 2.00 bits per heavy atom. The summed E-state index contributed by atoms with van der Waals surface area (Å²) in [5.74, 6) is -12.5. The lowest BCUT2D eigenvalue weighted by atomic mass is 10.1. The summed E-state index contributed by atoms with van der Waals surface area (Å²) in [5, 5.41) is 4.98. The van der Waals surface area contributed by atoms with Crippen LogP contribution in [0.15, 0.2) is 23.1 Å². The second kappa shape index (κ2) is 7.48. The molecule has 2 N–H and O–H groups in total. The number of benzene rings is 2. The Morgan fingerprint density at radius 1 is 1.00 bits per heavy atom. The first-order valence-corrected chi connectivity index (χ1v) is 8.42. The highest BCUT2D eigenvalue weighted by Crippen LogP contribution is 2.26. The van der Waals surface area contributed by atoms with Gasteiger partial charge >= 0.3 is 5.97 Å². The molecule has 146 valence electrons.